The van der Waals surface area contributed by atoms with Gasteiger partial charge in [0.1, 0.15) is 0 Å². The Morgan fingerprint density at radius 3 is 3.60 bits per heavy atom. The molecule has 2 heteroatoms. The third-order valence-electron chi connectivity index (χ3n) is 0.886. The second-order valence-corrected chi connectivity index (χ2v) is 1.62. The van der Waals surface area contributed by atoms with E-state index in [1.54, 1.807) is 0 Å². The standard InChI is InChI=1S/C8H8O2/c9-8(10)6-7-4-2-1-3-5-7/h1-5H,6H2,(H,9,10)/i2D,4D,6D2/hD. The fraction of sp³-hybridized carbons (Fsp3) is 0.125. The van der Waals surface area contributed by atoms with Gasteiger partial charge in [0, 0.05) is 2.74 Å². The number of carbonyl (C=O) groups is 1. The molecule has 0 aliphatic heterocycles. The van der Waals surface area contributed by atoms with Gasteiger partial charge >= 0.3 is 5.97 Å². The van der Waals surface area contributed by atoms with Crippen LogP contribution in [0.15, 0.2) is 30.3 Å². The summed E-state index contributed by atoms with van der Waals surface area (Å²) in [6.07, 6.45) is -2.57. The van der Waals surface area contributed by atoms with E-state index in [4.69, 9.17) is 6.91 Å². The van der Waals surface area contributed by atoms with Gasteiger partial charge < -0.3 is 5.11 Å². The summed E-state index contributed by atoms with van der Waals surface area (Å²) < 4.78 is 35.8. The lowest BCUT2D eigenvalue weighted by molar-refractivity contribution is -0.136. The van der Waals surface area contributed by atoms with E-state index in [9.17, 15) is 4.79 Å². The number of rotatable bonds is 2. The van der Waals surface area contributed by atoms with Crippen LogP contribution in [0.25, 0.3) is 1.43 Å². The molecule has 1 N–H and O–H groups in total. The van der Waals surface area contributed by atoms with Gasteiger partial charge in [0.2, 0.25) is 0 Å². The highest BCUT2D eigenvalue weighted by Crippen LogP contribution is 1.98. The second-order valence-electron chi connectivity index (χ2n) is 1.62. The van der Waals surface area contributed by atoms with E-state index in [0.717, 1.165) is 0 Å². The van der Waals surface area contributed by atoms with Crippen LogP contribution in [0.2, 0.25) is 0 Å². The van der Waals surface area contributed by atoms with Gasteiger partial charge in [-0.05, 0) is 5.56 Å². The van der Waals surface area contributed by atoms with Crippen LogP contribution in [0.3, 0.4) is 0 Å². The molecule has 0 saturated heterocycles. The first kappa shape index (κ1) is 2.74. The minimum atomic E-state index is -2.57. The third kappa shape index (κ3) is 1.90. The highest BCUT2D eigenvalue weighted by molar-refractivity contribution is 5.70. The molecule has 0 saturated carbocycles. The molecule has 2 nitrogen and oxygen atoms in total. The SMILES string of the molecule is [2H]OC(=O)C([2H])([2H])c1cccc([2H])c1[2H]. The summed E-state index contributed by atoms with van der Waals surface area (Å²) in [5.74, 6) is -1.40. The van der Waals surface area contributed by atoms with Gasteiger partial charge in [0.05, 0.1) is 9.11 Å². The van der Waals surface area contributed by atoms with Gasteiger partial charge in [-0.25, -0.2) is 0 Å². The molecule has 0 spiro atoms. The zero-order valence-corrected chi connectivity index (χ0v) is 5.05. The molecule has 0 aliphatic rings. The molecule has 0 amide bonds. The largest absolute Gasteiger partial charge is 0.481 e. The van der Waals surface area contributed by atoms with E-state index in [-0.39, 0.29) is 17.6 Å². The van der Waals surface area contributed by atoms with Crippen LogP contribution in [0.4, 0.5) is 0 Å². The van der Waals surface area contributed by atoms with Crippen LogP contribution in [0.1, 0.15) is 11.0 Å². The van der Waals surface area contributed by atoms with Gasteiger partial charge in [-0.15, -0.1) is 0 Å². The van der Waals surface area contributed by atoms with Crippen LogP contribution >= 0.6 is 0 Å². The summed E-state index contributed by atoms with van der Waals surface area (Å²) in [5.41, 5.74) is -0.271. The van der Waals surface area contributed by atoms with E-state index in [1.807, 2.05) is 0 Å². The van der Waals surface area contributed by atoms with Crippen LogP contribution in [0.5, 0.6) is 0 Å². The Morgan fingerprint density at radius 2 is 2.80 bits per heavy atom. The van der Waals surface area contributed by atoms with Crippen molar-refractivity contribution in [2.75, 3.05) is 0 Å². The lowest BCUT2D eigenvalue weighted by Crippen LogP contribution is -1.98. The van der Waals surface area contributed by atoms with Gasteiger partial charge in [-0.3, -0.25) is 4.79 Å². The van der Waals surface area contributed by atoms with Crippen molar-refractivity contribution in [1.82, 2.24) is 0 Å². The highest BCUT2D eigenvalue weighted by Gasteiger charge is 1.96. The minimum Gasteiger partial charge on any atom is -0.481 e. The first-order valence-corrected chi connectivity index (χ1v) is 2.65. The molecule has 1 rings (SSSR count). The van der Waals surface area contributed by atoms with Crippen molar-refractivity contribution in [3.8, 4) is 0 Å². The maximum absolute atomic E-state index is 11.0. The molecule has 1 aromatic rings. The van der Waals surface area contributed by atoms with Crippen molar-refractivity contribution >= 4 is 5.97 Å². The maximum Gasteiger partial charge on any atom is 0.307 e. The number of hydrogen-bond donors (Lipinski definition) is 1. The minimum absolute atomic E-state index is 0.186. The Morgan fingerprint density at radius 1 is 1.90 bits per heavy atom. The summed E-state index contributed by atoms with van der Waals surface area (Å²) in [5, 5.41) is 3.56. The first-order chi connectivity index (χ1) is 6.91. The topological polar surface area (TPSA) is 37.3 Å². The van der Waals surface area contributed by atoms with E-state index < -0.39 is 12.3 Å². The van der Waals surface area contributed by atoms with Gasteiger partial charge in [0.15, 0.2) is 0 Å². The highest BCUT2D eigenvalue weighted by atomic mass is 16.4. The normalized spacial score (nSPS) is 17.4. The fourth-order valence-electron chi connectivity index (χ4n) is 0.536. The Bertz CT molecular complexity index is 391. The summed E-state index contributed by atoms with van der Waals surface area (Å²) in [7, 11) is 0. The predicted octanol–water partition coefficient (Wildman–Crippen LogP) is 1.31. The van der Waals surface area contributed by atoms with Crippen molar-refractivity contribution in [3.05, 3.63) is 35.8 Å². The summed E-state index contributed by atoms with van der Waals surface area (Å²) in [4.78, 5) is 11.0. The molecule has 0 aliphatic carbocycles. The maximum atomic E-state index is 11.0. The molecule has 0 radical (unpaired) electrons. The van der Waals surface area contributed by atoms with Gasteiger partial charge in [-0.1, -0.05) is 30.3 Å². The van der Waals surface area contributed by atoms with Gasteiger partial charge in [0.25, 0.3) is 1.43 Å². The Balaban J connectivity index is 3.27. The van der Waals surface area contributed by atoms with E-state index >= 15 is 0 Å². The van der Waals surface area contributed by atoms with Crippen LogP contribution in [0, 0.1) is 0 Å². The second kappa shape index (κ2) is 3.01. The van der Waals surface area contributed by atoms with Crippen molar-refractivity contribution in [3.63, 3.8) is 0 Å². The summed E-state index contributed by atoms with van der Waals surface area (Å²) in [6.45, 7) is 0. The molecule has 52 valence electrons. The smallest absolute Gasteiger partial charge is 0.307 e. The van der Waals surface area contributed by atoms with E-state index in [2.05, 4.69) is 5.11 Å². The van der Waals surface area contributed by atoms with Crippen molar-refractivity contribution in [2.24, 2.45) is 0 Å². The quantitative estimate of drug-likeness (QED) is 0.674. The molecule has 0 heterocycles. The van der Waals surface area contributed by atoms with Crippen molar-refractivity contribution in [2.45, 2.75) is 6.37 Å². The number of carboxylic acids is 1. The summed E-state index contributed by atoms with van der Waals surface area (Å²) in [6, 6.07) is 3.33. The first-order valence-electron chi connectivity index (χ1n) is 5.06. The zero-order chi connectivity index (χ0) is 11.6. The van der Waals surface area contributed by atoms with Crippen molar-refractivity contribution < 1.29 is 15.4 Å². The Hall–Kier alpha value is -1.31. The number of aliphatic carboxylic acids is 1. The zero-order valence-electron chi connectivity index (χ0n) is 10.0. The molecule has 10 heavy (non-hydrogen) atoms. The monoisotopic (exact) mass is 141 g/mol. The van der Waals surface area contributed by atoms with E-state index in [0.29, 0.717) is 0 Å². The molecule has 0 aromatic heterocycles. The molecule has 0 bridgehead atoms. The molecule has 0 unspecified atom stereocenters. The summed E-state index contributed by atoms with van der Waals surface area (Å²) >= 11 is 0. The van der Waals surface area contributed by atoms with Crippen LogP contribution < -0.4 is 0 Å². The molecule has 1 aromatic carbocycles. The predicted molar refractivity (Wildman–Crippen MR) is 37.8 cm³/mol. The van der Waals surface area contributed by atoms with Crippen LogP contribution in [-0.4, -0.2) is 11.1 Å². The average molecular weight is 141 g/mol. The van der Waals surface area contributed by atoms with Gasteiger partial charge in [-0.2, -0.15) is 0 Å². The van der Waals surface area contributed by atoms with Crippen LogP contribution in [-0.2, 0) is 11.2 Å². The molecule has 0 atom stereocenters. The average Bonchev–Trinajstić information content (AvgIpc) is 2.20. The van der Waals surface area contributed by atoms with Crippen molar-refractivity contribution in [1.29, 1.82) is 1.43 Å². The molecule has 0 fully saturated rings. The fourth-order valence-corrected chi connectivity index (χ4v) is 0.536. The number of benzene rings is 1. The number of carboxylic acid groups (broad SMARTS) is 1. The molecular weight excluding hydrogens is 128 g/mol. The lowest BCUT2D eigenvalue weighted by Gasteiger charge is -1.92. The van der Waals surface area contributed by atoms with E-state index in [1.165, 1.54) is 18.2 Å². The molecular formula is C8H8O2. The lowest BCUT2D eigenvalue weighted by atomic mass is 10.2. The Kier molecular flexibility index (Phi) is 0.826. The Labute approximate surface area is 66.2 Å². The third-order valence-corrected chi connectivity index (χ3v) is 0.886. The number of hydrogen-bond acceptors (Lipinski definition) is 2.